The van der Waals surface area contributed by atoms with Gasteiger partial charge < -0.3 is 15.8 Å². The third-order valence-electron chi connectivity index (χ3n) is 2.67. The van der Waals surface area contributed by atoms with E-state index in [9.17, 15) is 0 Å². The Morgan fingerprint density at radius 1 is 1.44 bits per heavy atom. The zero-order chi connectivity index (χ0) is 11.8. The molecule has 1 saturated carbocycles. The van der Waals surface area contributed by atoms with Crippen molar-refractivity contribution in [2.75, 3.05) is 11.1 Å². The average molecular weight is 221 g/mol. The first kappa shape index (κ1) is 11.0. The molecule has 0 aromatic carbocycles. The van der Waals surface area contributed by atoms with E-state index in [-0.39, 0.29) is 11.6 Å². The minimum atomic E-state index is 0.0848. The summed E-state index contributed by atoms with van der Waals surface area (Å²) in [5, 5.41) is 3.39. The molecule has 1 aliphatic rings. The molecule has 0 atom stereocenters. The maximum absolute atomic E-state index is 5.80. The predicted molar refractivity (Wildman–Crippen MR) is 65.7 cm³/mol. The molecule has 0 bridgehead atoms. The second-order valence-electron chi connectivity index (χ2n) is 4.94. The average Bonchev–Trinajstić information content (AvgIpc) is 2.89. The molecule has 1 heterocycles. The number of nitrogens with zero attached hydrogens (tertiary/aromatic N) is 1. The smallest absolute Gasteiger partial charge is 0.239 e. The number of nitrogens with two attached hydrogens (primary N) is 1. The van der Waals surface area contributed by atoms with Crippen LogP contribution in [0.3, 0.4) is 0 Å². The van der Waals surface area contributed by atoms with Gasteiger partial charge in [-0.15, -0.1) is 0 Å². The number of rotatable bonds is 4. The zero-order valence-corrected chi connectivity index (χ0v) is 10.1. The van der Waals surface area contributed by atoms with Crippen molar-refractivity contribution in [2.24, 2.45) is 0 Å². The number of pyridine rings is 1. The van der Waals surface area contributed by atoms with Crippen LogP contribution in [0.15, 0.2) is 12.1 Å². The fraction of sp³-hybridized carbons (Fsp3) is 0.583. The molecule has 2 rings (SSSR count). The Kier molecular flexibility index (Phi) is 2.66. The topological polar surface area (TPSA) is 60.2 Å². The monoisotopic (exact) mass is 221 g/mol. The third kappa shape index (κ3) is 2.56. The van der Waals surface area contributed by atoms with Gasteiger partial charge in [-0.1, -0.05) is 0 Å². The zero-order valence-electron chi connectivity index (χ0n) is 10.1. The minimum absolute atomic E-state index is 0.0848. The molecule has 0 aliphatic heterocycles. The number of ether oxygens (including phenoxy) is 1. The van der Waals surface area contributed by atoms with Gasteiger partial charge in [0.2, 0.25) is 5.88 Å². The van der Waals surface area contributed by atoms with Crippen molar-refractivity contribution < 1.29 is 4.74 Å². The summed E-state index contributed by atoms with van der Waals surface area (Å²) in [6.07, 6.45) is 2.47. The van der Waals surface area contributed by atoms with Crippen LogP contribution in [-0.2, 0) is 0 Å². The molecular weight excluding hydrogens is 202 g/mol. The summed E-state index contributed by atoms with van der Waals surface area (Å²) >= 11 is 0. The number of nitrogens with one attached hydrogen (secondary N) is 1. The van der Waals surface area contributed by atoms with Crippen LogP contribution in [-0.4, -0.2) is 16.6 Å². The largest absolute Gasteiger partial charge is 0.473 e. The molecule has 0 unspecified atom stereocenters. The molecule has 0 saturated heterocycles. The van der Waals surface area contributed by atoms with E-state index >= 15 is 0 Å². The normalized spacial score (nSPS) is 17.2. The summed E-state index contributed by atoms with van der Waals surface area (Å²) < 4.78 is 5.54. The number of aromatic nitrogens is 1. The lowest BCUT2D eigenvalue weighted by Gasteiger charge is -2.15. The number of hydrogen-bond donors (Lipinski definition) is 2. The number of anilines is 2. The van der Waals surface area contributed by atoms with Gasteiger partial charge in [0, 0.05) is 5.54 Å². The van der Waals surface area contributed by atoms with E-state index in [0.29, 0.717) is 11.6 Å². The molecule has 3 N–H and O–H groups in total. The Balaban J connectivity index is 2.14. The van der Waals surface area contributed by atoms with Crippen LogP contribution in [0.1, 0.15) is 33.6 Å². The summed E-state index contributed by atoms with van der Waals surface area (Å²) in [4.78, 5) is 4.38. The quantitative estimate of drug-likeness (QED) is 0.819. The van der Waals surface area contributed by atoms with Crippen molar-refractivity contribution >= 4 is 11.5 Å². The van der Waals surface area contributed by atoms with Crippen LogP contribution in [0.4, 0.5) is 11.5 Å². The summed E-state index contributed by atoms with van der Waals surface area (Å²) in [6.45, 7) is 6.11. The molecular formula is C12H19N3O. The van der Waals surface area contributed by atoms with E-state index in [4.69, 9.17) is 10.5 Å². The standard InChI is InChI=1S/C12H19N3O/c1-8(2)16-11-9(13)4-5-10(14-11)15-12(3)6-7-12/h4-5,8H,6-7,13H2,1-3H3,(H,14,15). The van der Waals surface area contributed by atoms with Crippen molar-refractivity contribution in [3.05, 3.63) is 12.1 Å². The Morgan fingerprint density at radius 2 is 2.12 bits per heavy atom. The molecule has 16 heavy (non-hydrogen) atoms. The van der Waals surface area contributed by atoms with Crippen molar-refractivity contribution in [1.29, 1.82) is 0 Å². The Labute approximate surface area is 96.2 Å². The fourth-order valence-corrected chi connectivity index (χ4v) is 1.46. The lowest BCUT2D eigenvalue weighted by Crippen LogP contribution is -2.17. The second-order valence-corrected chi connectivity index (χ2v) is 4.94. The summed E-state index contributed by atoms with van der Waals surface area (Å²) in [6, 6.07) is 3.73. The molecule has 1 aromatic rings. The molecule has 88 valence electrons. The van der Waals surface area contributed by atoms with Crippen molar-refractivity contribution in [3.63, 3.8) is 0 Å². The van der Waals surface area contributed by atoms with Gasteiger partial charge >= 0.3 is 0 Å². The highest BCUT2D eigenvalue weighted by molar-refractivity contribution is 5.54. The van der Waals surface area contributed by atoms with Gasteiger partial charge in [0.05, 0.1) is 11.8 Å². The van der Waals surface area contributed by atoms with E-state index in [1.807, 2.05) is 26.0 Å². The molecule has 0 amide bonds. The van der Waals surface area contributed by atoms with Crippen molar-refractivity contribution in [1.82, 2.24) is 4.98 Å². The van der Waals surface area contributed by atoms with Gasteiger partial charge in [-0.3, -0.25) is 0 Å². The molecule has 0 spiro atoms. The highest BCUT2D eigenvalue weighted by atomic mass is 16.5. The van der Waals surface area contributed by atoms with E-state index in [0.717, 1.165) is 5.82 Å². The molecule has 4 heteroatoms. The maximum atomic E-state index is 5.80. The van der Waals surface area contributed by atoms with Crippen molar-refractivity contribution in [2.45, 2.75) is 45.3 Å². The van der Waals surface area contributed by atoms with Gasteiger partial charge in [0.1, 0.15) is 5.82 Å². The first-order valence-electron chi connectivity index (χ1n) is 5.70. The van der Waals surface area contributed by atoms with E-state index < -0.39 is 0 Å². The van der Waals surface area contributed by atoms with Gasteiger partial charge in [0.25, 0.3) is 0 Å². The highest BCUT2D eigenvalue weighted by Gasteiger charge is 2.37. The van der Waals surface area contributed by atoms with Gasteiger partial charge in [-0.2, -0.15) is 4.98 Å². The minimum Gasteiger partial charge on any atom is -0.473 e. The molecule has 1 aliphatic carbocycles. The molecule has 1 fully saturated rings. The van der Waals surface area contributed by atoms with Crippen LogP contribution < -0.4 is 15.8 Å². The van der Waals surface area contributed by atoms with Crippen LogP contribution >= 0.6 is 0 Å². The summed E-state index contributed by atoms with van der Waals surface area (Å²) in [5.41, 5.74) is 6.61. The lowest BCUT2D eigenvalue weighted by atomic mass is 10.3. The summed E-state index contributed by atoms with van der Waals surface area (Å²) in [7, 11) is 0. The molecule has 4 nitrogen and oxygen atoms in total. The first-order valence-corrected chi connectivity index (χ1v) is 5.70. The van der Waals surface area contributed by atoms with Gasteiger partial charge in [-0.25, -0.2) is 0 Å². The predicted octanol–water partition coefficient (Wildman–Crippen LogP) is 2.42. The van der Waals surface area contributed by atoms with Crippen LogP contribution in [0, 0.1) is 0 Å². The highest BCUT2D eigenvalue weighted by Crippen LogP contribution is 2.38. The molecule has 0 radical (unpaired) electrons. The van der Waals surface area contributed by atoms with Crippen LogP contribution in [0.2, 0.25) is 0 Å². The maximum Gasteiger partial charge on any atom is 0.239 e. The van der Waals surface area contributed by atoms with Crippen LogP contribution in [0.5, 0.6) is 5.88 Å². The van der Waals surface area contributed by atoms with Crippen LogP contribution in [0.25, 0.3) is 0 Å². The first-order chi connectivity index (χ1) is 7.48. The fourth-order valence-electron chi connectivity index (χ4n) is 1.46. The molecule has 1 aromatic heterocycles. The van der Waals surface area contributed by atoms with E-state index in [2.05, 4.69) is 17.2 Å². The third-order valence-corrected chi connectivity index (χ3v) is 2.67. The SMILES string of the molecule is CC(C)Oc1nc(NC2(C)CC2)ccc1N. The summed E-state index contributed by atoms with van der Waals surface area (Å²) in [5.74, 6) is 1.36. The number of hydrogen-bond acceptors (Lipinski definition) is 4. The Morgan fingerprint density at radius 3 is 2.69 bits per heavy atom. The van der Waals surface area contributed by atoms with E-state index in [1.54, 1.807) is 0 Å². The second kappa shape index (κ2) is 3.85. The Hall–Kier alpha value is -1.45. The van der Waals surface area contributed by atoms with Gasteiger partial charge in [-0.05, 0) is 45.7 Å². The van der Waals surface area contributed by atoms with Gasteiger partial charge in [0.15, 0.2) is 0 Å². The lowest BCUT2D eigenvalue weighted by molar-refractivity contribution is 0.234. The Bertz CT molecular complexity index is 386. The van der Waals surface area contributed by atoms with Crippen molar-refractivity contribution in [3.8, 4) is 5.88 Å². The number of nitrogen functional groups attached to an aromatic ring is 1. The van der Waals surface area contributed by atoms with E-state index in [1.165, 1.54) is 12.8 Å².